The number of nitrogens with zero attached hydrogens (tertiary/aromatic N) is 1. The number of amides is 1. The number of carbonyl (C=O) groups excluding carboxylic acids is 1. The number of carbonyl (C=O) groups is 1. The number of hydrogen-bond donors (Lipinski definition) is 4. The monoisotopic (exact) mass is 577 g/mol. The maximum absolute atomic E-state index is 13.3. The Hall–Kier alpha value is -3.46. The molecule has 0 saturated heterocycles. The second-order valence-corrected chi connectivity index (χ2v) is 11.2. The summed E-state index contributed by atoms with van der Waals surface area (Å²) in [6, 6.07) is 14.4. The van der Waals surface area contributed by atoms with Gasteiger partial charge in [-0.2, -0.15) is 17.9 Å². The quantitative estimate of drug-likeness (QED) is 0.243. The molecule has 1 fully saturated rings. The first-order chi connectivity index (χ1) is 18.9. The van der Waals surface area contributed by atoms with Gasteiger partial charge in [0.25, 0.3) is 0 Å². The second-order valence-electron chi connectivity index (χ2n) is 9.53. The Balaban J connectivity index is 1.52. The molecule has 1 aliphatic carbocycles. The maximum atomic E-state index is 13.3. The molecular weight excluding hydrogens is 550 g/mol. The molecule has 1 amide bonds. The molecule has 0 unspecified atom stereocenters. The van der Waals surface area contributed by atoms with Crippen molar-refractivity contribution in [3.8, 4) is 11.6 Å². The van der Waals surface area contributed by atoms with E-state index in [1.54, 1.807) is 30.3 Å². The van der Waals surface area contributed by atoms with Gasteiger partial charge in [0, 0.05) is 18.3 Å². The lowest BCUT2D eigenvalue weighted by Gasteiger charge is -2.23. The van der Waals surface area contributed by atoms with Gasteiger partial charge in [-0.15, -0.1) is 0 Å². The Labute approximate surface area is 229 Å². The van der Waals surface area contributed by atoms with Crippen LogP contribution in [0.4, 0.5) is 13.2 Å². The van der Waals surface area contributed by atoms with Crippen molar-refractivity contribution < 1.29 is 41.2 Å². The number of benzene rings is 2. The van der Waals surface area contributed by atoms with E-state index in [0.717, 1.165) is 31.0 Å². The summed E-state index contributed by atoms with van der Waals surface area (Å²) in [4.78, 5) is 16.6. The molecule has 4 rings (SSSR count). The van der Waals surface area contributed by atoms with Crippen LogP contribution in [-0.2, 0) is 27.4 Å². The van der Waals surface area contributed by atoms with E-state index in [-0.39, 0.29) is 28.9 Å². The number of ether oxygens (including phenoxy) is 1. The minimum Gasteiger partial charge on any atom is -0.439 e. The van der Waals surface area contributed by atoms with Crippen molar-refractivity contribution in [2.75, 3.05) is 0 Å². The van der Waals surface area contributed by atoms with E-state index in [9.17, 15) is 36.4 Å². The lowest BCUT2D eigenvalue weighted by molar-refractivity contribution is -0.137. The predicted octanol–water partition coefficient (Wildman–Crippen LogP) is 3.08. The summed E-state index contributed by atoms with van der Waals surface area (Å²) in [6.07, 6.45) is -1.80. The lowest BCUT2D eigenvalue weighted by Crippen LogP contribution is -2.54. The number of halogens is 3. The van der Waals surface area contributed by atoms with Crippen LogP contribution < -0.4 is 14.8 Å². The molecule has 0 aliphatic heterocycles. The van der Waals surface area contributed by atoms with Crippen molar-refractivity contribution in [2.24, 2.45) is 5.92 Å². The SMILES string of the molecule is O=C(N[C@@H](CC1CC1)B(O)O)[C@H](Cc1ccccc1)NS(=O)(=O)c1cccc(Oc2ccc(C(F)(F)F)cn2)c1. The largest absolute Gasteiger partial charge is 0.475 e. The Kier molecular flexibility index (Phi) is 9.14. The fourth-order valence-electron chi connectivity index (χ4n) is 3.98. The van der Waals surface area contributed by atoms with Gasteiger partial charge in [0.15, 0.2) is 0 Å². The summed E-state index contributed by atoms with van der Waals surface area (Å²) in [7, 11) is -6.13. The standard InChI is InChI=1S/C26H27BF3N3O6S/c28-26(29,30)19-11-12-24(31-16-19)39-20-7-4-8-21(15-20)40(37,38)33-22(13-17-5-2-1-3-6-17)25(34)32-23(27(35)36)14-18-9-10-18/h1-8,11-12,15-16,18,22-23,33,35-36H,9-10,13-14H2,(H,32,34)/t22-,23-/m0/s1. The number of aromatic nitrogens is 1. The third-order valence-corrected chi connectivity index (χ3v) is 7.74. The Morgan fingerprint density at radius 3 is 2.40 bits per heavy atom. The summed E-state index contributed by atoms with van der Waals surface area (Å²) in [5, 5.41) is 22.1. The number of rotatable bonds is 12. The van der Waals surface area contributed by atoms with E-state index >= 15 is 0 Å². The average Bonchev–Trinajstić information content (AvgIpc) is 3.72. The molecule has 3 aromatic rings. The molecule has 1 heterocycles. The van der Waals surface area contributed by atoms with Crippen molar-refractivity contribution in [3.05, 3.63) is 84.1 Å². The van der Waals surface area contributed by atoms with Crippen molar-refractivity contribution >= 4 is 23.0 Å². The molecule has 0 radical (unpaired) electrons. The summed E-state index contributed by atoms with van der Waals surface area (Å²) < 4.78 is 72.8. The normalized spacial score (nSPS) is 15.2. The molecule has 2 aromatic carbocycles. The minimum atomic E-state index is -4.57. The molecule has 0 bridgehead atoms. The predicted molar refractivity (Wildman–Crippen MR) is 139 cm³/mol. The van der Waals surface area contributed by atoms with Gasteiger partial charge in [0.1, 0.15) is 11.8 Å². The molecule has 1 aliphatic rings. The van der Waals surface area contributed by atoms with Gasteiger partial charge in [-0.1, -0.05) is 49.2 Å². The molecule has 14 heteroatoms. The highest BCUT2D eigenvalue weighted by atomic mass is 32.2. The number of nitrogens with one attached hydrogen (secondary N) is 2. The van der Waals surface area contributed by atoms with Crippen LogP contribution in [0.25, 0.3) is 0 Å². The maximum Gasteiger partial charge on any atom is 0.475 e. The van der Waals surface area contributed by atoms with E-state index in [0.29, 0.717) is 18.2 Å². The zero-order valence-corrected chi connectivity index (χ0v) is 21.9. The molecule has 212 valence electrons. The highest BCUT2D eigenvalue weighted by Crippen LogP contribution is 2.34. The van der Waals surface area contributed by atoms with Crippen molar-refractivity contribution in [1.82, 2.24) is 15.0 Å². The summed E-state index contributed by atoms with van der Waals surface area (Å²) in [5.41, 5.74) is -0.296. The lowest BCUT2D eigenvalue weighted by atomic mass is 9.76. The summed E-state index contributed by atoms with van der Waals surface area (Å²) in [5.74, 6) is -1.62. The zero-order valence-electron chi connectivity index (χ0n) is 21.1. The Morgan fingerprint density at radius 1 is 1.07 bits per heavy atom. The Bertz CT molecular complexity index is 1410. The van der Waals surface area contributed by atoms with Gasteiger partial charge in [-0.05, 0) is 42.5 Å². The van der Waals surface area contributed by atoms with Crippen LogP contribution in [0.1, 0.15) is 30.4 Å². The van der Waals surface area contributed by atoms with E-state index in [4.69, 9.17) is 4.74 Å². The van der Waals surface area contributed by atoms with E-state index in [1.807, 2.05) is 0 Å². The van der Waals surface area contributed by atoms with Crippen LogP contribution >= 0.6 is 0 Å². The van der Waals surface area contributed by atoms with E-state index < -0.39 is 46.8 Å². The fourth-order valence-corrected chi connectivity index (χ4v) is 5.21. The van der Waals surface area contributed by atoms with Crippen LogP contribution in [-0.4, -0.2) is 48.5 Å². The third kappa shape index (κ3) is 8.27. The molecule has 1 saturated carbocycles. The molecule has 4 N–H and O–H groups in total. The fraction of sp³-hybridized carbons (Fsp3) is 0.308. The molecule has 0 spiro atoms. The average molecular weight is 577 g/mol. The van der Waals surface area contributed by atoms with Crippen LogP contribution in [0.3, 0.4) is 0 Å². The number of alkyl halides is 3. The zero-order chi connectivity index (χ0) is 28.9. The van der Waals surface area contributed by atoms with Crippen molar-refractivity contribution in [3.63, 3.8) is 0 Å². The third-order valence-electron chi connectivity index (χ3n) is 6.27. The summed E-state index contributed by atoms with van der Waals surface area (Å²) in [6.45, 7) is 0. The minimum absolute atomic E-state index is 0.00732. The molecule has 40 heavy (non-hydrogen) atoms. The molecule has 1 aromatic heterocycles. The molecular formula is C26H27BF3N3O6S. The smallest absolute Gasteiger partial charge is 0.439 e. The van der Waals surface area contributed by atoms with Crippen LogP contribution in [0.2, 0.25) is 0 Å². The second kappa shape index (κ2) is 12.4. The van der Waals surface area contributed by atoms with E-state index in [2.05, 4.69) is 15.0 Å². The van der Waals surface area contributed by atoms with Gasteiger partial charge in [-0.3, -0.25) is 4.79 Å². The first-order valence-corrected chi connectivity index (χ1v) is 13.9. The topological polar surface area (TPSA) is 138 Å². The van der Waals surface area contributed by atoms with Crippen molar-refractivity contribution in [1.29, 1.82) is 0 Å². The van der Waals surface area contributed by atoms with Gasteiger partial charge in [-0.25, -0.2) is 13.4 Å². The first-order valence-electron chi connectivity index (χ1n) is 12.4. The Morgan fingerprint density at radius 2 is 1.80 bits per heavy atom. The highest BCUT2D eigenvalue weighted by Gasteiger charge is 2.35. The van der Waals surface area contributed by atoms with E-state index in [1.165, 1.54) is 18.2 Å². The van der Waals surface area contributed by atoms with Gasteiger partial charge in [0.05, 0.1) is 16.4 Å². The van der Waals surface area contributed by atoms with Gasteiger partial charge >= 0.3 is 13.3 Å². The van der Waals surface area contributed by atoms with Gasteiger partial charge < -0.3 is 20.1 Å². The van der Waals surface area contributed by atoms with Crippen LogP contribution in [0, 0.1) is 5.92 Å². The van der Waals surface area contributed by atoms with Crippen LogP contribution in [0.5, 0.6) is 11.6 Å². The summed E-state index contributed by atoms with van der Waals surface area (Å²) >= 11 is 0. The molecule has 2 atom stereocenters. The number of hydrogen-bond acceptors (Lipinski definition) is 7. The van der Waals surface area contributed by atoms with Crippen molar-refractivity contribution in [2.45, 2.75) is 48.7 Å². The number of pyridine rings is 1. The number of sulfonamides is 1. The van der Waals surface area contributed by atoms with Crippen LogP contribution in [0.15, 0.2) is 77.8 Å². The highest BCUT2D eigenvalue weighted by molar-refractivity contribution is 7.89. The first kappa shape index (κ1) is 29.5. The molecule has 9 nitrogen and oxygen atoms in total. The van der Waals surface area contributed by atoms with Gasteiger partial charge in [0.2, 0.25) is 21.8 Å².